The first kappa shape index (κ1) is 18.8. The smallest absolute Gasteiger partial charge is 0.312 e. The monoisotopic (exact) mass is 394 g/mol. The van der Waals surface area contributed by atoms with E-state index in [0.29, 0.717) is 18.7 Å². The van der Waals surface area contributed by atoms with Gasteiger partial charge in [-0.1, -0.05) is 30.3 Å². The largest absolute Gasteiger partial charge is 0.497 e. The Bertz CT molecular complexity index is 992. The molecule has 150 valence electrons. The molecule has 4 amide bonds. The van der Waals surface area contributed by atoms with E-state index in [1.54, 1.807) is 12.0 Å². The number of amides is 4. The standard InChI is InChI=1S/C21H22N4O4/c1-29-14-6-4-5-13(11-14)18-21(9-10-25(18)17(26)12-23-20(22)28)15-7-2-3-8-16(15)24-19(21)27/h2-8,11,18H,9-10,12H2,1H3,(H,24,27)(H3,22,23,28)/t18-,21+/m0/s1. The summed E-state index contributed by atoms with van der Waals surface area (Å²) < 4.78 is 5.36. The lowest BCUT2D eigenvalue weighted by Gasteiger charge is -2.34. The number of carbonyl (C=O) groups excluding carboxylic acids is 3. The summed E-state index contributed by atoms with van der Waals surface area (Å²) in [6, 6.07) is 13.6. The van der Waals surface area contributed by atoms with Crippen LogP contribution in [-0.4, -0.2) is 42.9 Å². The van der Waals surface area contributed by atoms with E-state index in [-0.39, 0.29) is 18.4 Å². The second-order valence-corrected chi connectivity index (χ2v) is 7.21. The van der Waals surface area contributed by atoms with Crippen LogP contribution in [0, 0.1) is 0 Å². The number of hydrogen-bond acceptors (Lipinski definition) is 4. The zero-order chi connectivity index (χ0) is 20.6. The Morgan fingerprint density at radius 1 is 1.28 bits per heavy atom. The molecule has 4 N–H and O–H groups in total. The van der Waals surface area contributed by atoms with Crippen molar-refractivity contribution in [3.05, 3.63) is 59.7 Å². The number of para-hydroxylation sites is 1. The van der Waals surface area contributed by atoms with Crippen LogP contribution in [0.3, 0.4) is 0 Å². The Kier molecular flexibility index (Phi) is 4.62. The molecule has 1 fully saturated rings. The Morgan fingerprint density at radius 3 is 2.83 bits per heavy atom. The van der Waals surface area contributed by atoms with Crippen LogP contribution in [-0.2, 0) is 15.0 Å². The topological polar surface area (TPSA) is 114 Å². The maximum atomic E-state index is 13.3. The molecule has 8 nitrogen and oxygen atoms in total. The second kappa shape index (κ2) is 7.12. The summed E-state index contributed by atoms with van der Waals surface area (Å²) in [5.41, 5.74) is 6.63. The van der Waals surface area contributed by atoms with Crippen molar-refractivity contribution in [1.82, 2.24) is 10.2 Å². The quantitative estimate of drug-likeness (QED) is 0.730. The minimum atomic E-state index is -0.911. The lowest BCUT2D eigenvalue weighted by molar-refractivity contribution is -0.132. The van der Waals surface area contributed by atoms with Crippen LogP contribution < -0.4 is 21.1 Å². The average molecular weight is 394 g/mol. The fraction of sp³-hybridized carbons (Fsp3) is 0.286. The predicted molar refractivity (Wildman–Crippen MR) is 106 cm³/mol. The Balaban J connectivity index is 1.82. The molecule has 0 saturated carbocycles. The van der Waals surface area contributed by atoms with Crippen LogP contribution in [0.25, 0.3) is 0 Å². The number of nitrogens with zero attached hydrogens (tertiary/aromatic N) is 1. The number of ether oxygens (including phenoxy) is 1. The molecule has 2 aliphatic rings. The number of fused-ring (bicyclic) bond motifs is 2. The number of urea groups is 1. The van der Waals surface area contributed by atoms with Crippen molar-refractivity contribution in [1.29, 1.82) is 0 Å². The van der Waals surface area contributed by atoms with E-state index in [1.165, 1.54) is 0 Å². The van der Waals surface area contributed by atoms with Crippen molar-refractivity contribution in [3.63, 3.8) is 0 Å². The van der Waals surface area contributed by atoms with Gasteiger partial charge >= 0.3 is 6.03 Å². The molecule has 0 aromatic heterocycles. The highest BCUT2D eigenvalue weighted by Crippen LogP contribution is 2.54. The van der Waals surface area contributed by atoms with E-state index >= 15 is 0 Å². The molecule has 2 aromatic rings. The van der Waals surface area contributed by atoms with Gasteiger partial charge in [-0.2, -0.15) is 0 Å². The third-order valence-electron chi connectivity index (χ3n) is 5.73. The molecular formula is C21H22N4O4. The van der Waals surface area contributed by atoms with Crippen LogP contribution in [0.5, 0.6) is 5.75 Å². The van der Waals surface area contributed by atoms with Crippen LogP contribution in [0.15, 0.2) is 48.5 Å². The van der Waals surface area contributed by atoms with E-state index in [0.717, 1.165) is 16.8 Å². The van der Waals surface area contributed by atoms with E-state index in [1.807, 2.05) is 48.5 Å². The van der Waals surface area contributed by atoms with Gasteiger partial charge in [0.05, 0.1) is 19.7 Å². The summed E-state index contributed by atoms with van der Waals surface area (Å²) in [7, 11) is 1.57. The molecule has 2 aromatic carbocycles. The van der Waals surface area contributed by atoms with Gasteiger partial charge in [-0.3, -0.25) is 9.59 Å². The molecule has 2 heterocycles. The number of nitrogens with one attached hydrogen (secondary N) is 2. The molecule has 0 radical (unpaired) electrons. The second-order valence-electron chi connectivity index (χ2n) is 7.21. The molecular weight excluding hydrogens is 372 g/mol. The number of anilines is 1. The molecule has 29 heavy (non-hydrogen) atoms. The van der Waals surface area contributed by atoms with Crippen molar-refractivity contribution in [2.75, 3.05) is 25.5 Å². The summed E-state index contributed by atoms with van der Waals surface area (Å²) >= 11 is 0. The van der Waals surface area contributed by atoms with Crippen LogP contribution in [0.1, 0.15) is 23.6 Å². The highest BCUT2D eigenvalue weighted by atomic mass is 16.5. The first-order valence-corrected chi connectivity index (χ1v) is 9.35. The van der Waals surface area contributed by atoms with Gasteiger partial charge in [0.2, 0.25) is 11.8 Å². The molecule has 1 spiro atoms. The third kappa shape index (κ3) is 2.97. The number of nitrogens with two attached hydrogens (primary N) is 1. The van der Waals surface area contributed by atoms with Gasteiger partial charge < -0.3 is 26.0 Å². The summed E-state index contributed by atoms with van der Waals surface area (Å²) in [6.45, 7) is 0.151. The number of rotatable bonds is 4. The van der Waals surface area contributed by atoms with Gasteiger partial charge in [0, 0.05) is 12.2 Å². The third-order valence-corrected chi connectivity index (χ3v) is 5.73. The van der Waals surface area contributed by atoms with Gasteiger partial charge in [0.1, 0.15) is 11.2 Å². The Hall–Kier alpha value is -3.55. The predicted octanol–water partition coefficient (Wildman–Crippen LogP) is 1.53. The number of carbonyl (C=O) groups is 3. The van der Waals surface area contributed by atoms with Gasteiger partial charge in [-0.05, 0) is 35.7 Å². The number of primary amides is 1. The van der Waals surface area contributed by atoms with Crippen molar-refractivity contribution in [2.45, 2.75) is 17.9 Å². The lowest BCUT2D eigenvalue weighted by atomic mass is 9.72. The summed E-state index contributed by atoms with van der Waals surface area (Å²) in [4.78, 5) is 38.9. The Morgan fingerprint density at radius 2 is 2.07 bits per heavy atom. The van der Waals surface area contributed by atoms with Crippen LogP contribution in [0.4, 0.5) is 10.5 Å². The Labute approximate surface area is 168 Å². The van der Waals surface area contributed by atoms with E-state index in [2.05, 4.69) is 10.6 Å². The fourth-order valence-electron chi connectivity index (χ4n) is 4.49. The van der Waals surface area contributed by atoms with Crippen LogP contribution in [0.2, 0.25) is 0 Å². The van der Waals surface area contributed by atoms with Gasteiger partial charge in [-0.25, -0.2) is 4.79 Å². The van der Waals surface area contributed by atoms with E-state index in [4.69, 9.17) is 10.5 Å². The zero-order valence-corrected chi connectivity index (χ0v) is 16.0. The van der Waals surface area contributed by atoms with E-state index < -0.39 is 17.5 Å². The highest BCUT2D eigenvalue weighted by Gasteiger charge is 2.59. The average Bonchev–Trinajstić information content (AvgIpc) is 3.26. The molecule has 0 bridgehead atoms. The molecule has 8 heteroatoms. The first-order chi connectivity index (χ1) is 14.0. The number of hydrogen-bond donors (Lipinski definition) is 3. The van der Waals surface area contributed by atoms with Crippen molar-refractivity contribution in [2.24, 2.45) is 5.73 Å². The molecule has 0 aliphatic carbocycles. The molecule has 1 saturated heterocycles. The minimum Gasteiger partial charge on any atom is -0.497 e. The highest BCUT2D eigenvalue weighted by molar-refractivity contribution is 6.07. The van der Waals surface area contributed by atoms with Gasteiger partial charge in [0.25, 0.3) is 0 Å². The summed E-state index contributed by atoms with van der Waals surface area (Å²) in [5.74, 6) is 0.203. The minimum absolute atomic E-state index is 0.135. The number of methoxy groups -OCH3 is 1. The molecule has 0 unspecified atom stereocenters. The maximum Gasteiger partial charge on any atom is 0.312 e. The van der Waals surface area contributed by atoms with Gasteiger partial charge in [0.15, 0.2) is 0 Å². The lowest BCUT2D eigenvalue weighted by Crippen LogP contribution is -2.46. The number of benzene rings is 2. The molecule has 2 atom stereocenters. The van der Waals surface area contributed by atoms with Crippen LogP contribution >= 0.6 is 0 Å². The zero-order valence-electron chi connectivity index (χ0n) is 16.0. The summed E-state index contributed by atoms with van der Waals surface area (Å²) in [5, 5.41) is 5.32. The summed E-state index contributed by atoms with van der Waals surface area (Å²) in [6.07, 6.45) is 0.472. The van der Waals surface area contributed by atoms with E-state index in [9.17, 15) is 14.4 Å². The molecule has 4 rings (SSSR count). The fourth-order valence-corrected chi connectivity index (χ4v) is 4.49. The number of likely N-dealkylation sites (tertiary alicyclic amines) is 1. The van der Waals surface area contributed by atoms with Crippen molar-refractivity contribution in [3.8, 4) is 5.75 Å². The first-order valence-electron chi connectivity index (χ1n) is 9.35. The maximum absolute atomic E-state index is 13.3. The normalized spacial score (nSPS) is 22.3. The molecule has 2 aliphatic heterocycles. The van der Waals surface area contributed by atoms with Gasteiger partial charge in [-0.15, -0.1) is 0 Å². The SMILES string of the molecule is COc1cccc([C@@H]2N(C(=O)CNC(N)=O)CC[C@]23C(=O)Nc2ccccc23)c1. The van der Waals surface area contributed by atoms with Crippen molar-refractivity contribution >= 4 is 23.5 Å². The van der Waals surface area contributed by atoms with Crippen molar-refractivity contribution < 1.29 is 19.1 Å².